The van der Waals surface area contributed by atoms with Gasteiger partial charge in [0.05, 0.1) is 0 Å². The molecule has 1 aromatic rings. The molecule has 0 bridgehead atoms. The number of nitrogens with zero attached hydrogens (tertiary/aromatic N) is 2. The molecule has 0 heterocycles. The van der Waals surface area contributed by atoms with Gasteiger partial charge in [-0.3, -0.25) is 0 Å². The second-order valence-corrected chi connectivity index (χ2v) is 5.65. The summed E-state index contributed by atoms with van der Waals surface area (Å²) in [5.74, 6) is 0. The average molecular weight is 328 g/mol. The van der Waals surface area contributed by atoms with Crippen LogP contribution in [0, 0.1) is 20.8 Å². The Bertz CT molecular complexity index is 464. The molecule has 5 heteroatoms. The first-order chi connectivity index (χ1) is 9.88. The van der Waals surface area contributed by atoms with Gasteiger partial charge < -0.3 is 15.1 Å². The van der Waals surface area contributed by atoms with Gasteiger partial charge in [-0.05, 0) is 45.0 Å². The minimum absolute atomic E-state index is 0. The first kappa shape index (κ1) is 20.7. The molecule has 1 aromatic carbocycles. The number of carbonyl (C=O) groups excluding carboxylic acids is 1. The number of likely N-dealkylation sites (N-methyl/N-ethyl adjacent to an activating group) is 2. The van der Waals surface area contributed by atoms with Crippen molar-refractivity contribution in [3.8, 4) is 0 Å². The standard InChI is InChI=1S/C17H29N3O.ClH/c1-7-20(8-2)10-9-19(6)17(21)18-16-14(4)11-13(3)12-15(16)5;/h11-12H,7-10H2,1-6H3,(H,18,21);1H. The molecule has 0 aromatic heterocycles. The van der Waals surface area contributed by atoms with Gasteiger partial charge in [-0.2, -0.15) is 0 Å². The lowest BCUT2D eigenvalue weighted by Crippen LogP contribution is -2.38. The van der Waals surface area contributed by atoms with E-state index in [1.54, 1.807) is 4.90 Å². The fraction of sp³-hybridized carbons (Fsp3) is 0.588. The summed E-state index contributed by atoms with van der Waals surface area (Å²) in [5.41, 5.74) is 4.37. The van der Waals surface area contributed by atoms with Crippen LogP contribution in [0.2, 0.25) is 0 Å². The first-order valence-electron chi connectivity index (χ1n) is 7.71. The van der Waals surface area contributed by atoms with Crippen LogP contribution in [-0.4, -0.2) is 49.1 Å². The minimum atomic E-state index is -0.0443. The molecule has 1 rings (SSSR count). The number of rotatable bonds is 6. The van der Waals surface area contributed by atoms with E-state index in [0.717, 1.165) is 43.0 Å². The quantitative estimate of drug-likeness (QED) is 0.861. The second kappa shape index (κ2) is 9.70. The summed E-state index contributed by atoms with van der Waals surface area (Å²) < 4.78 is 0. The second-order valence-electron chi connectivity index (χ2n) is 5.65. The molecule has 22 heavy (non-hydrogen) atoms. The lowest BCUT2D eigenvalue weighted by Gasteiger charge is -2.24. The van der Waals surface area contributed by atoms with Gasteiger partial charge in [0.25, 0.3) is 0 Å². The highest BCUT2D eigenvalue weighted by atomic mass is 35.5. The van der Waals surface area contributed by atoms with Crippen LogP contribution in [0.3, 0.4) is 0 Å². The monoisotopic (exact) mass is 327 g/mol. The van der Waals surface area contributed by atoms with E-state index < -0.39 is 0 Å². The molecule has 1 N–H and O–H groups in total. The smallest absolute Gasteiger partial charge is 0.321 e. The van der Waals surface area contributed by atoms with E-state index in [-0.39, 0.29) is 18.4 Å². The average Bonchev–Trinajstić information content (AvgIpc) is 2.43. The number of benzene rings is 1. The zero-order chi connectivity index (χ0) is 16.0. The van der Waals surface area contributed by atoms with Gasteiger partial charge in [-0.25, -0.2) is 4.79 Å². The Morgan fingerprint density at radius 3 is 2.00 bits per heavy atom. The third-order valence-electron chi connectivity index (χ3n) is 3.90. The number of nitrogens with one attached hydrogen (secondary N) is 1. The van der Waals surface area contributed by atoms with Crippen molar-refractivity contribution in [2.45, 2.75) is 34.6 Å². The van der Waals surface area contributed by atoms with Crippen molar-refractivity contribution in [2.24, 2.45) is 0 Å². The third-order valence-corrected chi connectivity index (χ3v) is 3.90. The van der Waals surface area contributed by atoms with Gasteiger partial charge in [-0.15, -0.1) is 12.4 Å². The number of urea groups is 1. The maximum Gasteiger partial charge on any atom is 0.321 e. The molecule has 0 fully saturated rings. The number of anilines is 1. The molecular weight excluding hydrogens is 298 g/mol. The van der Waals surface area contributed by atoms with E-state index in [4.69, 9.17) is 0 Å². The van der Waals surface area contributed by atoms with E-state index in [9.17, 15) is 4.79 Å². The van der Waals surface area contributed by atoms with Crippen LogP contribution >= 0.6 is 12.4 Å². The minimum Gasteiger partial charge on any atom is -0.326 e. The largest absolute Gasteiger partial charge is 0.326 e. The van der Waals surface area contributed by atoms with Crippen LogP contribution in [0.4, 0.5) is 10.5 Å². The van der Waals surface area contributed by atoms with Crippen LogP contribution in [0.1, 0.15) is 30.5 Å². The Hall–Kier alpha value is -1.26. The van der Waals surface area contributed by atoms with Gasteiger partial charge in [0.1, 0.15) is 0 Å². The molecule has 4 nitrogen and oxygen atoms in total. The van der Waals surface area contributed by atoms with E-state index in [0.29, 0.717) is 0 Å². The maximum absolute atomic E-state index is 12.3. The van der Waals surface area contributed by atoms with E-state index in [2.05, 4.69) is 43.1 Å². The molecule has 0 unspecified atom stereocenters. The molecule has 0 saturated carbocycles. The Labute approximate surface area is 141 Å². The van der Waals surface area contributed by atoms with Crippen LogP contribution in [0.5, 0.6) is 0 Å². The number of halogens is 1. The zero-order valence-corrected chi connectivity index (χ0v) is 15.5. The van der Waals surface area contributed by atoms with Gasteiger partial charge in [0.15, 0.2) is 0 Å². The highest BCUT2D eigenvalue weighted by Gasteiger charge is 2.12. The number of aryl methyl sites for hydroxylation is 3. The summed E-state index contributed by atoms with van der Waals surface area (Å²) in [6, 6.07) is 4.15. The van der Waals surface area contributed by atoms with E-state index in [1.165, 1.54) is 5.56 Å². The van der Waals surface area contributed by atoms with Crippen molar-refractivity contribution in [3.05, 3.63) is 28.8 Å². The highest BCUT2D eigenvalue weighted by Crippen LogP contribution is 2.22. The van der Waals surface area contributed by atoms with Crippen molar-refractivity contribution in [1.82, 2.24) is 9.80 Å². The van der Waals surface area contributed by atoms with Gasteiger partial charge in [-0.1, -0.05) is 31.5 Å². The fourth-order valence-corrected chi connectivity index (χ4v) is 2.51. The van der Waals surface area contributed by atoms with Gasteiger partial charge in [0, 0.05) is 25.8 Å². The lowest BCUT2D eigenvalue weighted by atomic mass is 10.1. The zero-order valence-electron chi connectivity index (χ0n) is 14.7. The number of carbonyl (C=O) groups is 1. The van der Waals surface area contributed by atoms with Crippen LogP contribution in [0.25, 0.3) is 0 Å². The van der Waals surface area contributed by atoms with Crippen molar-refractivity contribution < 1.29 is 4.79 Å². The van der Waals surface area contributed by atoms with Crippen molar-refractivity contribution >= 4 is 24.1 Å². The molecule has 0 atom stereocenters. The van der Waals surface area contributed by atoms with Crippen LogP contribution in [-0.2, 0) is 0 Å². The Morgan fingerprint density at radius 2 is 1.55 bits per heavy atom. The SMILES string of the molecule is CCN(CC)CCN(C)C(=O)Nc1c(C)cc(C)cc1C.Cl. The molecule has 2 amide bonds. The summed E-state index contributed by atoms with van der Waals surface area (Å²) in [5, 5.41) is 3.03. The van der Waals surface area contributed by atoms with Crippen molar-refractivity contribution in [3.63, 3.8) is 0 Å². The van der Waals surface area contributed by atoms with Crippen molar-refractivity contribution in [1.29, 1.82) is 0 Å². The summed E-state index contributed by atoms with van der Waals surface area (Å²) in [4.78, 5) is 16.3. The Kier molecular flexibility index (Phi) is 9.14. The topological polar surface area (TPSA) is 35.6 Å². The van der Waals surface area contributed by atoms with E-state index >= 15 is 0 Å². The predicted octanol–water partition coefficient (Wildman–Crippen LogP) is 3.84. The number of hydrogen-bond donors (Lipinski definition) is 1. The number of hydrogen-bond acceptors (Lipinski definition) is 2. The summed E-state index contributed by atoms with van der Waals surface area (Å²) in [6.07, 6.45) is 0. The Morgan fingerprint density at radius 1 is 1.05 bits per heavy atom. The molecule has 0 spiro atoms. The van der Waals surface area contributed by atoms with Gasteiger partial charge >= 0.3 is 6.03 Å². The Balaban J connectivity index is 0.00000441. The maximum atomic E-state index is 12.3. The van der Waals surface area contributed by atoms with Crippen LogP contribution in [0.15, 0.2) is 12.1 Å². The fourth-order valence-electron chi connectivity index (χ4n) is 2.51. The highest BCUT2D eigenvalue weighted by molar-refractivity contribution is 5.91. The predicted molar refractivity (Wildman–Crippen MR) is 97.3 cm³/mol. The van der Waals surface area contributed by atoms with Gasteiger partial charge in [0.2, 0.25) is 0 Å². The molecule has 0 aliphatic rings. The molecule has 126 valence electrons. The molecular formula is C17H30ClN3O. The normalized spacial score (nSPS) is 10.3. The third kappa shape index (κ3) is 5.85. The molecule has 0 aliphatic carbocycles. The molecule has 0 radical (unpaired) electrons. The molecule has 0 saturated heterocycles. The molecule has 0 aliphatic heterocycles. The summed E-state index contributed by atoms with van der Waals surface area (Å²) in [7, 11) is 1.84. The lowest BCUT2D eigenvalue weighted by molar-refractivity contribution is 0.210. The first-order valence-corrected chi connectivity index (χ1v) is 7.71. The number of amides is 2. The van der Waals surface area contributed by atoms with E-state index in [1.807, 2.05) is 20.9 Å². The van der Waals surface area contributed by atoms with Crippen LogP contribution < -0.4 is 5.32 Å². The van der Waals surface area contributed by atoms with Crippen molar-refractivity contribution in [2.75, 3.05) is 38.5 Å². The summed E-state index contributed by atoms with van der Waals surface area (Å²) >= 11 is 0. The summed E-state index contributed by atoms with van der Waals surface area (Å²) in [6.45, 7) is 14.1.